The predicted molar refractivity (Wildman–Crippen MR) is 130 cm³/mol. The Morgan fingerprint density at radius 2 is 1.63 bits per heavy atom. The van der Waals surface area contributed by atoms with Gasteiger partial charge in [0, 0.05) is 50.8 Å². The van der Waals surface area contributed by atoms with Crippen molar-refractivity contribution >= 4 is 22.8 Å². The van der Waals surface area contributed by atoms with E-state index >= 15 is 0 Å². The third kappa shape index (κ3) is 6.77. The molecule has 0 aliphatic heterocycles. The Bertz CT molecular complexity index is 1140. The van der Waals surface area contributed by atoms with Gasteiger partial charge < -0.3 is 19.7 Å². The molecule has 0 spiro atoms. The van der Waals surface area contributed by atoms with Crippen molar-refractivity contribution in [2.24, 2.45) is 0 Å². The summed E-state index contributed by atoms with van der Waals surface area (Å²) in [6.45, 7) is 2.77. The van der Waals surface area contributed by atoms with Crippen LogP contribution in [0.4, 0.5) is 18.0 Å². The number of fused-ring (bicyclic) bond motifs is 1. The number of nitrogens with zero attached hydrogens (tertiary/aromatic N) is 3. The number of hydrogen-bond donors (Lipinski definition) is 1. The van der Waals surface area contributed by atoms with Gasteiger partial charge in [-0.3, -0.25) is 4.79 Å². The zero-order chi connectivity index (χ0) is 25.6. The number of nitrogens with one attached hydrogen (secondary N) is 1. The number of amides is 3. The minimum absolute atomic E-state index is 0.0978. The number of halogens is 3. The van der Waals surface area contributed by atoms with Crippen LogP contribution in [-0.4, -0.2) is 65.4 Å². The maximum Gasteiger partial charge on any atom is 0.416 e. The number of aromatic nitrogens is 1. The summed E-state index contributed by atoms with van der Waals surface area (Å²) in [6, 6.07) is 12.4. The van der Waals surface area contributed by atoms with Crippen molar-refractivity contribution in [3.8, 4) is 0 Å². The van der Waals surface area contributed by atoms with Crippen molar-refractivity contribution in [2.45, 2.75) is 32.5 Å². The minimum Gasteiger partial charge on any atom is -0.361 e. The molecule has 35 heavy (non-hydrogen) atoms. The Kier molecular flexibility index (Phi) is 8.43. The molecule has 0 atom stereocenters. The van der Waals surface area contributed by atoms with E-state index in [4.69, 9.17) is 0 Å². The lowest BCUT2D eigenvalue weighted by Crippen LogP contribution is -2.46. The fourth-order valence-corrected chi connectivity index (χ4v) is 3.96. The standard InChI is InChI=1S/C26H31F3N4O2/c1-4-14-33(25(35)31(2)3)18-24(34)32(17-19-9-11-21(12-10-19)26(27,28)29)15-13-20-16-30-23-8-6-5-7-22(20)23/h5-12,16,30H,4,13-15,17-18H2,1-3H3. The van der Waals surface area contributed by atoms with Crippen molar-refractivity contribution in [3.63, 3.8) is 0 Å². The van der Waals surface area contributed by atoms with E-state index in [2.05, 4.69) is 4.98 Å². The van der Waals surface area contributed by atoms with Gasteiger partial charge in [0.1, 0.15) is 6.54 Å². The average Bonchev–Trinajstić information content (AvgIpc) is 3.23. The summed E-state index contributed by atoms with van der Waals surface area (Å²) in [5, 5.41) is 1.06. The molecule has 0 unspecified atom stereocenters. The SMILES string of the molecule is CCCN(CC(=O)N(CCc1c[nH]c2ccccc12)Cc1ccc(C(F)(F)F)cc1)C(=O)N(C)C. The molecule has 1 aromatic heterocycles. The molecule has 1 N–H and O–H groups in total. The molecule has 2 aromatic carbocycles. The van der Waals surface area contributed by atoms with Gasteiger partial charge in [0.2, 0.25) is 5.91 Å². The summed E-state index contributed by atoms with van der Waals surface area (Å²) in [6.07, 6.45) is -1.26. The highest BCUT2D eigenvalue weighted by Gasteiger charge is 2.30. The molecule has 6 nitrogen and oxygen atoms in total. The Balaban J connectivity index is 1.80. The zero-order valence-corrected chi connectivity index (χ0v) is 20.2. The smallest absolute Gasteiger partial charge is 0.361 e. The first-order chi connectivity index (χ1) is 16.6. The van der Waals surface area contributed by atoms with Crippen LogP contribution in [0.5, 0.6) is 0 Å². The molecule has 0 aliphatic rings. The lowest BCUT2D eigenvalue weighted by atomic mass is 10.1. The van der Waals surface area contributed by atoms with Crippen LogP contribution in [0.25, 0.3) is 10.9 Å². The maximum absolute atomic E-state index is 13.3. The van der Waals surface area contributed by atoms with Crippen LogP contribution in [0.1, 0.15) is 30.0 Å². The largest absolute Gasteiger partial charge is 0.416 e. The molecule has 3 amide bonds. The number of rotatable bonds is 9. The molecule has 0 radical (unpaired) electrons. The summed E-state index contributed by atoms with van der Waals surface area (Å²) >= 11 is 0. The fourth-order valence-electron chi connectivity index (χ4n) is 3.96. The van der Waals surface area contributed by atoms with E-state index < -0.39 is 11.7 Å². The summed E-state index contributed by atoms with van der Waals surface area (Å²) < 4.78 is 38.9. The highest BCUT2D eigenvalue weighted by molar-refractivity contribution is 5.85. The maximum atomic E-state index is 13.3. The summed E-state index contributed by atoms with van der Waals surface area (Å²) in [5.41, 5.74) is 1.89. The van der Waals surface area contributed by atoms with Crippen LogP contribution in [0.15, 0.2) is 54.7 Å². The average molecular weight is 489 g/mol. The van der Waals surface area contributed by atoms with Crippen LogP contribution in [-0.2, 0) is 23.9 Å². The van der Waals surface area contributed by atoms with Gasteiger partial charge in [-0.15, -0.1) is 0 Å². The van der Waals surface area contributed by atoms with Crippen LogP contribution in [0, 0.1) is 0 Å². The molecule has 0 saturated carbocycles. The number of aromatic amines is 1. The molecule has 9 heteroatoms. The predicted octanol–water partition coefficient (Wildman–Crippen LogP) is 5.15. The molecule has 3 aromatic rings. The number of hydrogen-bond acceptors (Lipinski definition) is 2. The molecule has 1 heterocycles. The first-order valence-corrected chi connectivity index (χ1v) is 11.5. The fraction of sp³-hybridized carbons (Fsp3) is 0.385. The lowest BCUT2D eigenvalue weighted by Gasteiger charge is -2.29. The van der Waals surface area contributed by atoms with E-state index in [-0.39, 0.29) is 25.0 Å². The lowest BCUT2D eigenvalue weighted by molar-refractivity contribution is -0.137. The number of para-hydroxylation sites is 1. The second-order valence-electron chi connectivity index (χ2n) is 8.72. The Morgan fingerprint density at radius 1 is 0.943 bits per heavy atom. The molecule has 0 bridgehead atoms. The van der Waals surface area contributed by atoms with E-state index in [1.807, 2.05) is 37.4 Å². The number of carbonyl (C=O) groups excluding carboxylic acids is 2. The minimum atomic E-state index is -4.42. The summed E-state index contributed by atoms with van der Waals surface area (Å²) in [5.74, 6) is -0.256. The Labute approximate surface area is 203 Å². The zero-order valence-electron chi connectivity index (χ0n) is 20.2. The highest BCUT2D eigenvalue weighted by Crippen LogP contribution is 2.29. The monoisotopic (exact) mass is 488 g/mol. The number of alkyl halides is 3. The van der Waals surface area contributed by atoms with Crippen LogP contribution in [0.3, 0.4) is 0 Å². The number of carbonyl (C=O) groups is 2. The molecular formula is C26H31F3N4O2. The number of benzene rings is 2. The first-order valence-electron chi connectivity index (χ1n) is 11.5. The summed E-state index contributed by atoms with van der Waals surface area (Å²) in [7, 11) is 3.26. The van der Waals surface area contributed by atoms with Crippen LogP contribution < -0.4 is 0 Å². The van der Waals surface area contributed by atoms with Gasteiger partial charge in [0.05, 0.1) is 5.56 Å². The first kappa shape index (κ1) is 26.1. The van der Waals surface area contributed by atoms with Gasteiger partial charge >= 0.3 is 12.2 Å². The second kappa shape index (κ2) is 11.3. The van der Waals surface area contributed by atoms with Gasteiger partial charge in [0.15, 0.2) is 0 Å². The third-order valence-electron chi connectivity index (χ3n) is 5.81. The topological polar surface area (TPSA) is 59.7 Å². The molecule has 0 saturated heterocycles. The molecular weight excluding hydrogens is 457 g/mol. The van der Waals surface area contributed by atoms with Gasteiger partial charge in [-0.2, -0.15) is 13.2 Å². The molecule has 0 fully saturated rings. The van der Waals surface area contributed by atoms with Crippen molar-refractivity contribution in [1.29, 1.82) is 0 Å². The third-order valence-corrected chi connectivity index (χ3v) is 5.81. The molecule has 0 aliphatic carbocycles. The summed E-state index contributed by atoms with van der Waals surface area (Å²) in [4.78, 5) is 33.6. The normalized spacial score (nSPS) is 11.5. The number of urea groups is 1. The van der Waals surface area contributed by atoms with E-state index in [0.29, 0.717) is 31.5 Å². The van der Waals surface area contributed by atoms with Crippen molar-refractivity contribution in [2.75, 3.05) is 33.7 Å². The van der Waals surface area contributed by atoms with Gasteiger partial charge in [0.25, 0.3) is 0 Å². The van der Waals surface area contributed by atoms with E-state index in [1.54, 1.807) is 19.0 Å². The van der Waals surface area contributed by atoms with Gasteiger partial charge in [-0.25, -0.2) is 4.79 Å². The van der Waals surface area contributed by atoms with Crippen molar-refractivity contribution in [1.82, 2.24) is 19.7 Å². The van der Waals surface area contributed by atoms with Crippen LogP contribution >= 0.6 is 0 Å². The Morgan fingerprint density at radius 3 is 2.26 bits per heavy atom. The van der Waals surface area contributed by atoms with Crippen molar-refractivity contribution < 1.29 is 22.8 Å². The highest BCUT2D eigenvalue weighted by atomic mass is 19.4. The van der Waals surface area contributed by atoms with E-state index in [1.165, 1.54) is 21.9 Å². The Hall–Kier alpha value is -3.49. The van der Waals surface area contributed by atoms with Crippen LogP contribution in [0.2, 0.25) is 0 Å². The molecule has 188 valence electrons. The van der Waals surface area contributed by atoms with Gasteiger partial charge in [-0.05, 0) is 42.2 Å². The quantitative estimate of drug-likeness (QED) is 0.453. The molecule has 3 rings (SSSR count). The van der Waals surface area contributed by atoms with E-state index in [9.17, 15) is 22.8 Å². The number of H-pyrrole nitrogens is 1. The van der Waals surface area contributed by atoms with Gasteiger partial charge in [-0.1, -0.05) is 37.3 Å². The van der Waals surface area contributed by atoms with Crippen molar-refractivity contribution in [3.05, 3.63) is 71.4 Å². The van der Waals surface area contributed by atoms with E-state index in [0.717, 1.165) is 28.6 Å². The second-order valence-corrected chi connectivity index (χ2v) is 8.72.